The first-order chi connectivity index (χ1) is 15.6. The van der Waals surface area contributed by atoms with E-state index in [0.29, 0.717) is 25.3 Å². The van der Waals surface area contributed by atoms with Gasteiger partial charge in [0.2, 0.25) is 5.91 Å². The van der Waals surface area contributed by atoms with Gasteiger partial charge in [0, 0.05) is 31.1 Å². The Hall–Kier alpha value is -3.35. The zero-order valence-electron chi connectivity index (χ0n) is 18.7. The minimum absolute atomic E-state index is 0.0147. The molecule has 2 aromatic carbocycles. The summed E-state index contributed by atoms with van der Waals surface area (Å²) in [4.78, 5) is 32.0. The van der Waals surface area contributed by atoms with E-state index in [9.17, 15) is 9.59 Å². The van der Waals surface area contributed by atoms with E-state index >= 15 is 0 Å². The number of para-hydroxylation sites is 2. The molecule has 3 aromatic rings. The molecule has 2 heterocycles. The third kappa shape index (κ3) is 4.77. The van der Waals surface area contributed by atoms with Gasteiger partial charge in [-0.2, -0.15) is 0 Å². The molecule has 1 fully saturated rings. The van der Waals surface area contributed by atoms with E-state index in [1.54, 1.807) is 0 Å². The maximum atomic E-state index is 12.8. The van der Waals surface area contributed by atoms with Gasteiger partial charge < -0.3 is 19.5 Å². The lowest BCUT2D eigenvalue weighted by Gasteiger charge is -2.32. The maximum absolute atomic E-state index is 12.8. The van der Waals surface area contributed by atoms with Crippen LogP contribution in [-0.2, 0) is 17.8 Å². The summed E-state index contributed by atoms with van der Waals surface area (Å²) in [5, 5.41) is 3.15. The van der Waals surface area contributed by atoms with Crippen molar-refractivity contribution in [2.45, 2.75) is 45.7 Å². The topological polar surface area (TPSA) is 76.5 Å². The molecular weight excluding hydrogens is 404 g/mol. The highest BCUT2D eigenvalue weighted by Gasteiger charge is 2.25. The van der Waals surface area contributed by atoms with Crippen molar-refractivity contribution < 1.29 is 14.3 Å². The number of piperidine rings is 1. The summed E-state index contributed by atoms with van der Waals surface area (Å²) in [5.74, 6) is 1.69. The number of fused-ring (bicyclic) bond motifs is 1. The number of benzene rings is 2. The molecule has 7 nitrogen and oxygen atoms in total. The monoisotopic (exact) mass is 434 g/mol. The minimum Gasteiger partial charge on any atom is -0.494 e. The summed E-state index contributed by atoms with van der Waals surface area (Å²) in [6, 6.07) is 15.2. The van der Waals surface area contributed by atoms with Crippen LogP contribution in [0.4, 0.5) is 0 Å². The highest BCUT2D eigenvalue weighted by Crippen LogP contribution is 2.19. The van der Waals surface area contributed by atoms with Gasteiger partial charge in [-0.1, -0.05) is 19.1 Å². The summed E-state index contributed by atoms with van der Waals surface area (Å²) in [7, 11) is 0. The Kier molecular flexibility index (Phi) is 6.73. The minimum atomic E-state index is -0.0147. The normalized spacial score (nSPS) is 14.5. The molecule has 4 rings (SSSR count). The Bertz CT molecular complexity index is 1080. The molecule has 32 heavy (non-hydrogen) atoms. The fourth-order valence-corrected chi connectivity index (χ4v) is 4.26. The lowest BCUT2D eigenvalue weighted by atomic mass is 10.0. The van der Waals surface area contributed by atoms with Crippen LogP contribution >= 0.6 is 0 Å². The van der Waals surface area contributed by atoms with E-state index < -0.39 is 0 Å². The highest BCUT2D eigenvalue weighted by molar-refractivity contribution is 5.94. The molecule has 1 saturated heterocycles. The van der Waals surface area contributed by atoms with Crippen LogP contribution in [0.15, 0.2) is 48.5 Å². The van der Waals surface area contributed by atoms with Gasteiger partial charge in [0.25, 0.3) is 5.91 Å². The first-order valence-corrected chi connectivity index (χ1v) is 11.3. The number of rotatable bonds is 7. The molecule has 0 spiro atoms. The first-order valence-electron chi connectivity index (χ1n) is 11.3. The van der Waals surface area contributed by atoms with E-state index in [2.05, 4.69) is 10.3 Å². The van der Waals surface area contributed by atoms with Crippen molar-refractivity contribution in [1.29, 1.82) is 0 Å². The number of hydrogen-bond acceptors (Lipinski definition) is 4. The molecule has 168 valence electrons. The molecule has 0 radical (unpaired) electrons. The zero-order chi connectivity index (χ0) is 22.5. The molecule has 0 atom stereocenters. The second-order valence-electron chi connectivity index (χ2n) is 8.05. The van der Waals surface area contributed by atoms with Gasteiger partial charge in [0.1, 0.15) is 18.1 Å². The molecule has 1 aliphatic heterocycles. The lowest BCUT2D eigenvalue weighted by Crippen LogP contribution is -2.47. The number of carbonyl (C=O) groups excluding carboxylic acids is 2. The van der Waals surface area contributed by atoms with Crippen molar-refractivity contribution in [2.24, 2.45) is 0 Å². The number of nitrogens with zero attached hydrogens (tertiary/aromatic N) is 3. The molecule has 0 bridgehead atoms. The number of hydrogen-bond donors (Lipinski definition) is 1. The fraction of sp³-hybridized carbons (Fsp3) is 0.400. The number of aryl methyl sites for hydroxylation is 1. The number of ether oxygens (including phenoxy) is 1. The standard InChI is InChI=1S/C25H30N4O3/c1-3-23-27-21-7-5-6-8-22(21)29(23)17-24(30)26-19-13-15-28(16-14-19)25(31)18-9-11-20(12-10-18)32-4-2/h5-12,19H,3-4,13-17H2,1-2H3,(H,26,30). The summed E-state index contributed by atoms with van der Waals surface area (Å²) < 4.78 is 7.44. The molecule has 2 amide bonds. The summed E-state index contributed by atoms with van der Waals surface area (Å²) >= 11 is 0. The molecule has 0 unspecified atom stereocenters. The lowest BCUT2D eigenvalue weighted by molar-refractivity contribution is -0.122. The average molecular weight is 435 g/mol. The summed E-state index contributed by atoms with van der Waals surface area (Å²) in [6.07, 6.45) is 2.27. The van der Waals surface area contributed by atoms with Crippen molar-refractivity contribution in [2.75, 3.05) is 19.7 Å². The Morgan fingerprint density at radius 1 is 1.06 bits per heavy atom. The van der Waals surface area contributed by atoms with Crippen molar-refractivity contribution in [3.63, 3.8) is 0 Å². The van der Waals surface area contributed by atoms with E-state index in [-0.39, 0.29) is 24.4 Å². The van der Waals surface area contributed by atoms with Gasteiger partial charge in [0.15, 0.2) is 0 Å². The second kappa shape index (κ2) is 9.85. The largest absolute Gasteiger partial charge is 0.494 e. The highest BCUT2D eigenvalue weighted by atomic mass is 16.5. The predicted molar refractivity (Wildman–Crippen MR) is 124 cm³/mol. The smallest absolute Gasteiger partial charge is 0.253 e. The predicted octanol–water partition coefficient (Wildman–Crippen LogP) is 3.42. The molecule has 0 saturated carbocycles. The van der Waals surface area contributed by atoms with Crippen molar-refractivity contribution in [3.8, 4) is 5.75 Å². The number of imidazole rings is 1. The Labute approximate surface area is 188 Å². The first kappa shape index (κ1) is 21.9. The van der Waals surface area contributed by atoms with Crippen molar-refractivity contribution in [1.82, 2.24) is 19.8 Å². The van der Waals surface area contributed by atoms with Crippen LogP contribution in [0, 0.1) is 0 Å². The average Bonchev–Trinajstić information content (AvgIpc) is 3.17. The van der Waals surface area contributed by atoms with Crippen molar-refractivity contribution >= 4 is 22.8 Å². The van der Waals surface area contributed by atoms with Crippen LogP contribution in [0.3, 0.4) is 0 Å². The Balaban J connectivity index is 1.31. The molecular formula is C25H30N4O3. The summed E-state index contributed by atoms with van der Waals surface area (Å²) in [5.41, 5.74) is 2.56. The zero-order valence-corrected chi connectivity index (χ0v) is 18.7. The van der Waals surface area contributed by atoms with Crippen LogP contribution in [-0.4, -0.2) is 52.0 Å². The van der Waals surface area contributed by atoms with E-state index in [4.69, 9.17) is 4.74 Å². The maximum Gasteiger partial charge on any atom is 0.253 e. The van der Waals surface area contributed by atoms with E-state index in [0.717, 1.165) is 41.9 Å². The molecule has 1 aliphatic rings. The Morgan fingerprint density at radius 2 is 1.78 bits per heavy atom. The second-order valence-corrected chi connectivity index (χ2v) is 8.05. The van der Waals surface area contributed by atoms with Crippen LogP contribution < -0.4 is 10.1 Å². The number of amides is 2. The van der Waals surface area contributed by atoms with Crippen LogP contribution in [0.2, 0.25) is 0 Å². The van der Waals surface area contributed by atoms with Gasteiger partial charge in [-0.05, 0) is 56.2 Å². The van der Waals surface area contributed by atoms with E-state index in [1.807, 2.05) is 71.8 Å². The number of carbonyl (C=O) groups is 2. The quantitative estimate of drug-likeness (QED) is 0.618. The Morgan fingerprint density at radius 3 is 2.47 bits per heavy atom. The van der Waals surface area contributed by atoms with Gasteiger partial charge in [-0.15, -0.1) is 0 Å². The SMILES string of the molecule is CCOc1ccc(C(=O)N2CCC(NC(=O)Cn3c(CC)nc4ccccc43)CC2)cc1. The third-order valence-corrected chi connectivity index (χ3v) is 5.91. The number of nitrogens with one attached hydrogen (secondary N) is 1. The number of aromatic nitrogens is 2. The van der Waals surface area contributed by atoms with Gasteiger partial charge >= 0.3 is 0 Å². The van der Waals surface area contributed by atoms with Crippen LogP contribution in [0.1, 0.15) is 42.9 Å². The number of likely N-dealkylation sites (tertiary alicyclic amines) is 1. The molecule has 0 aliphatic carbocycles. The van der Waals surface area contributed by atoms with Gasteiger partial charge in [-0.25, -0.2) is 4.98 Å². The molecule has 1 N–H and O–H groups in total. The van der Waals surface area contributed by atoms with Gasteiger partial charge in [0.05, 0.1) is 17.6 Å². The van der Waals surface area contributed by atoms with Gasteiger partial charge in [-0.3, -0.25) is 9.59 Å². The summed E-state index contributed by atoms with van der Waals surface area (Å²) in [6.45, 7) is 6.10. The third-order valence-electron chi connectivity index (χ3n) is 5.91. The van der Waals surface area contributed by atoms with Crippen LogP contribution in [0.25, 0.3) is 11.0 Å². The fourth-order valence-electron chi connectivity index (χ4n) is 4.26. The molecule has 7 heteroatoms. The van der Waals surface area contributed by atoms with Crippen molar-refractivity contribution in [3.05, 3.63) is 59.9 Å². The molecule has 1 aromatic heterocycles. The van der Waals surface area contributed by atoms with Crippen LogP contribution in [0.5, 0.6) is 5.75 Å². The van der Waals surface area contributed by atoms with E-state index in [1.165, 1.54) is 0 Å².